The second-order valence-corrected chi connectivity index (χ2v) is 5.17. The fourth-order valence-corrected chi connectivity index (χ4v) is 2.46. The van der Waals surface area contributed by atoms with Crippen molar-refractivity contribution < 1.29 is 9.53 Å². The van der Waals surface area contributed by atoms with Crippen molar-refractivity contribution >= 4 is 23.1 Å². The van der Waals surface area contributed by atoms with Gasteiger partial charge in [-0.25, -0.2) is 0 Å². The minimum absolute atomic E-state index is 0.0882. The van der Waals surface area contributed by atoms with Gasteiger partial charge in [-0.05, 0) is 30.5 Å². The van der Waals surface area contributed by atoms with Crippen molar-refractivity contribution in [3.8, 4) is 5.75 Å². The number of amides is 1. The number of methoxy groups -OCH3 is 1. The molecule has 3 N–H and O–H groups in total. The number of hydrogen-bond acceptors (Lipinski definition) is 3. The molecule has 1 rings (SSSR count). The molecule has 1 aromatic carbocycles. The lowest BCUT2D eigenvalue weighted by Crippen LogP contribution is -2.56. The SMILES string of the molecule is CCC(CC)(NC(=O)Cc1cccc(OC)c1)C(N)=S. The van der Waals surface area contributed by atoms with Crippen molar-refractivity contribution in [1.29, 1.82) is 0 Å². The van der Waals surface area contributed by atoms with E-state index in [0.29, 0.717) is 17.8 Å². The highest BCUT2D eigenvalue weighted by atomic mass is 32.1. The highest BCUT2D eigenvalue weighted by Crippen LogP contribution is 2.17. The smallest absolute Gasteiger partial charge is 0.225 e. The molecule has 0 fully saturated rings. The Bertz CT molecular complexity index is 485. The summed E-state index contributed by atoms with van der Waals surface area (Å²) in [6, 6.07) is 7.45. The van der Waals surface area contributed by atoms with Crippen molar-refractivity contribution in [3.05, 3.63) is 29.8 Å². The predicted octanol–water partition coefficient (Wildman–Crippen LogP) is 2.20. The lowest BCUT2D eigenvalue weighted by molar-refractivity contribution is -0.121. The fraction of sp³-hybridized carbons (Fsp3) is 0.467. The average molecular weight is 294 g/mol. The van der Waals surface area contributed by atoms with Crippen molar-refractivity contribution in [2.24, 2.45) is 5.73 Å². The molecule has 0 aliphatic heterocycles. The molecule has 4 nitrogen and oxygen atoms in total. The fourth-order valence-electron chi connectivity index (χ4n) is 2.12. The first-order chi connectivity index (χ1) is 9.47. The molecule has 0 heterocycles. The van der Waals surface area contributed by atoms with Gasteiger partial charge in [0.2, 0.25) is 5.91 Å². The Morgan fingerprint density at radius 3 is 2.55 bits per heavy atom. The molecule has 0 aliphatic rings. The van der Waals surface area contributed by atoms with Gasteiger partial charge in [0.15, 0.2) is 0 Å². The van der Waals surface area contributed by atoms with E-state index >= 15 is 0 Å². The largest absolute Gasteiger partial charge is 0.497 e. The summed E-state index contributed by atoms with van der Waals surface area (Å²) in [5.41, 5.74) is 6.08. The Kier molecular flexibility index (Phi) is 5.95. The molecule has 0 unspecified atom stereocenters. The van der Waals surface area contributed by atoms with Crippen LogP contribution in [0.5, 0.6) is 5.75 Å². The standard InChI is InChI=1S/C15H22N2O2S/c1-4-15(5-2,14(16)20)17-13(18)10-11-7-6-8-12(9-11)19-3/h6-9H,4-5,10H2,1-3H3,(H2,16,20)(H,17,18). The summed E-state index contributed by atoms with van der Waals surface area (Å²) >= 11 is 5.09. The van der Waals surface area contributed by atoms with Gasteiger partial charge in [-0.3, -0.25) is 4.79 Å². The monoisotopic (exact) mass is 294 g/mol. The summed E-state index contributed by atoms with van der Waals surface area (Å²) < 4.78 is 5.15. The highest BCUT2D eigenvalue weighted by molar-refractivity contribution is 7.80. The molecule has 0 aliphatic carbocycles. The van der Waals surface area contributed by atoms with Crippen LogP contribution in [0.25, 0.3) is 0 Å². The first-order valence-electron chi connectivity index (χ1n) is 6.71. The van der Waals surface area contributed by atoms with Gasteiger partial charge in [-0.15, -0.1) is 0 Å². The van der Waals surface area contributed by atoms with E-state index in [1.807, 2.05) is 38.1 Å². The van der Waals surface area contributed by atoms with Crippen LogP contribution >= 0.6 is 12.2 Å². The average Bonchev–Trinajstić information content (AvgIpc) is 2.44. The van der Waals surface area contributed by atoms with Crippen LogP contribution < -0.4 is 15.8 Å². The predicted molar refractivity (Wildman–Crippen MR) is 84.9 cm³/mol. The van der Waals surface area contributed by atoms with E-state index in [-0.39, 0.29) is 12.3 Å². The molecule has 1 amide bonds. The number of ether oxygens (including phenoxy) is 1. The molecule has 1 aromatic rings. The molecular weight excluding hydrogens is 272 g/mol. The minimum atomic E-state index is -0.592. The van der Waals surface area contributed by atoms with Gasteiger partial charge >= 0.3 is 0 Å². The maximum atomic E-state index is 12.2. The third-order valence-corrected chi connectivity index (χ3v) is 3.95. The van der Waals surface area contributed by atoms with Crippen molar-refractivity contribution in [1.82, 2.24) is 5.32 Å². The van der Waals surface area contributed by atoms with Gasteiger partial charge in [0.1, 0.15) is 5.75 Å². The zero-order valence-corrected chi connectivity index (χ0v) is 13.0. The van der Waals surface area contributed by atoms with Crippen LogP contribution in [0.4, 0.5) is 0 Å². The van der Waals surface area contributed by atoms with E-state index < -0.39 is 5.54 Å². The lowest BCUT2D eigenvalue weighted by atomic mass is 9.92. The van der Waals surface area contributed by atoms with Crippen molar-refractivity contribution in [2.75, 3.05) is 7.11 Å². The van der Waals surface area contributed by atoms with Crippen LogP contribution in [0, 0.1) is 0 Å². The van der Waals surface area contributed by atoms with E-state index in [2.05, 4.69) is 5.32 Å². The molecule has 0 radical (unpaired) electrons. The molecule has 0 saturated heterocycles. The van der Waals surface area contributed by atoms with Crippen LogP contribution in [0.15, 0.2) is 24.3 Å². The Balaban J connectivity index is 2.78. The van der Waals surface area contributed by atoms with E-state index in [1.165, 1.54) is 0 Å². The van der Waals surface area contributed by atoms with Crippen LogP contribution in [0.2, 0.25) is 0 Å². The maximum absolute atomic E-state index is 12.2. The topological polar surface area (TPSA) is 64.3 Å². The summed E-state index contributed by atoms with van der Waals surface area (Å²) in [5.74, 6) is 0.650. The number of thiocarbonyl (C=S) groups is 1. The first kappa shape index (κ1) is 16.4. The number of nitrogens with two attached hydrogens (primary N) is 1. The zero-order chi connectivity index (χ0) is 15.2. The first-order valence-corrected chi connectivity index (χ1v) is 7.12. The highest BCUT2D eigenvalue weighted by Gasteiger charge is 2.31. The van der Waals surface area contributed by atoms with Gasteiger partial charge < -0.3 is 15.8 Å². The Morgan fingerprint density at radius 2 is 2.05 bits per heavy atom. The van der Waals surface area contributed by atoms with E-state index in [1.54, 1.807) is 7.11 Å². The number of benzene rings is 1. The molecule has 110 valence electrons. The van der Waals surface area contributed by atoms with Crippen molar-refractivity contribution in [3.63, 3.8) is 0 Å². The summed E-state index contributed by atoms with van der Waals surface area (Å²) in [6.45, 7) is 3.93. The van der Waals surface area contributed by atoms with Crippen LogP contribution in [-0.4, -0.2) is 23.5 Å². The number of hydrogen-bond donors (Lipinski definition) is 2. The molecule has 5 heteroatoms. The quantitative estimate of drug-likeness (QED) is 0.757. The number of nitrogens with one attached hydrogen (secondary N) is 1. The molecular formula is C15H22N2O2S. The third kappa shape index (κ3) is 3.93. The zero-order valence-electron chi connectivity index (χ0n) is 12.2. The van der Waals surface area contributed by atoms with Crippen molar-refractivity contribution in [2.45, 2.75) is 38.6 Å². The molecule has 0 spiro atoms. The summed E-state index contributed by atoms with van der Waals surface area (Å²) in [5, 5.41) is 2.97. The summed E-state index contributed by atoms with van der Waals surface area (Å²) in [6.07, 6.45) is 1.65. The molecule has 0 atom stereocenters. The van der Waals surface area contributed by atoms with E-state index in [4.69, 9.17) is 22.7 Å². The minimum Gasteiger partial charge on any atom is -0.497 e. The van der Waals surface area contributed by atoms with Gasteiger partial charge in [0.05, 0.1) is 24.1 Å². The molecule has 20 heavy (non-hydrogen) atoms. The van der Waals surface area contributed by atoms with E-state index in [0.717, 1.165) is 11.3 Å². The summed E-state index contributed by atoms with van der Waals surface area (Å²) in [7, 11) is 1.60. The number of rotatable bonds is 7. The Hall–Kier alpha value is -1.62. The third-order valence-electron chi connectivity index (χ3n) is 3.56. The van der Waals surface area contributed by atoms with Gasteiger partial charge in [-0.2, -0.15) is 0 Å². The van der Waals surface area contributed by atoms with E-state index in [9.17, 15) is 4.79 Å². The number of carbonyl (C=O) groups is 1. The number of carbonyl (C=O) groups excluding carboxylic acids is 1. The van der Waals surface area contributed by atoms with Crippen LogP contribution in [0.3, 0.4) is 0 Å². The maximum Gasteiger partial charge on any atom is 0.225 e. The van der Waals surface area contributed by atoms with Crippen LogP contribution in [-0.2, 0) is 11.2 Å². The molecule has 0 aromatic heterocycles. The van der Waals surface area contributed by atoms with Gasteiger partial charge in [0, 0.05) is 0 Å². The Morgan fingerprint density at radius 1 is 1.40 bits per heavy atom. The van der Waals surface area contributed by atoms with Gasteiger partial charge in [0.25, 0.3) is 0 Å². The second-order valence-electron chi connectivity index (χ2n) is 4.73. The lowest BCUT2D eigenvalue weighted by Gasteiger charge is -2.31. The molecule has 0 bridgehead atoms. The Labute approximate surface area is 125 Å². The molecule has 0 saturated carbocycles. The normalized spacial score (nSPS) is 10.9. The second kappa shape index (κ2) is 7.24. The van der Waals surface area contributed by atoms with Crippen LogP contribution in [0.1, 0.15) is 32.3 Å². The van der Waals surface area contributed by atoms with Gasteiger partial charge in [-0.1, -0.05) is 38.2 Å². The summed E-state index contributed by atoms with van der Waals surface area (Å²) in [4.78, 5) is 12.5.